The quantitative estimate of drug-likeness (QED) is 0.427. The fourth-order valence-electron chi connectivity index (χ4n) is 6.77. The molecule has 0 amide bonds. The minimum Gasteiger partial charge on any atom is -0.485 e. The number of rotatable bonds is 6. The molecule has 3 aromatic carbocycles. The van der Waals surface area contributed by atoms with Crippen molar-refractivity contribution in [3.05, 3.63) is 119 Å². The maximum absolute atomic E-state index is 12.0. The summed E-state index contributed by atoms with van der Waals surface area (Å²) in [7, 11) is 0. The Bertz CT molecular complexity index is 1430. The van der Waals surface area contributed by atoms with E-state index in [0.29, 0.717) is 12.4 Å². The van der Waals surface area contributed by atoms with Gasteiger partial charge in [0.25, 0.3) is 0 Å². The number of piperidine rings is 1. The molecule has 0 radical (unpaired) electrons. The first-order valence-electron chi connectivity index (χ1n) is 13.0. The largest absolute Gasteiger partial charge is 0.485 e. The normalized spacial score (nSPS) is 24.9. The minimum absolute atomic E-state index is 0.268. The van der Waals surface area contributed by atoms with Crippen LogP contribution in [-0.2, 0) is 34.5 Å². The van der Waals surface area contributed by atoms with Gasteiger partial charge in [-0.25, -0.2) is 0 Å². The highest BCUT2D eigenvalue weighted by Gasteiger charge is 2.62. The second-order valence-corrected chi connectivity index (χ2v) is 10.4. The van der Waals surface area contributed by atoms with Crippen LogP contribution in [0.25, 0.3) is 0 Å². The minimum atomic E-state index is -0.367. The van der Waals surface area contributed by atoms with E-state index in [-0.39, 0.29) is 23.5 Å². The maximum Gasteiger partial charge on any atom is 0.307 e. The van der Waals surface area contributed by atoms with Gasteiger partial charge < -0.3 is 14.2 Å². The first kappa shape index (κ1) is 22.4. The molecule has 1 spiro atoms. The third kappa shape index (κ3) is 3.52. The summed E-state index contributed by atoms with van der Waals surface area (Å²) in [5.74, 6) is 1.82. The highest BCUT2D eigenvalue weighted by Crippen LogP contribution is 2.62. The van der Waals surface area contributed by atoms with E-state index >= 15 is 0 Å². The molecule has 0 aromatic heterocycles. The fourth-order valence-corrected chi connectivity index (χ4v) is 6.77. The number of benzene rings is 3. The Hall–Kier alpha value is -3.83. The summed E-state index contributed by atoms with van der Waals surface area (Å²) < 4.78 is 18.8. The lowest BCUT2D eigenvalue weighted by Crippen LogP contribution is -2.59. The molecule has 4 aliphatic rings. The van der Waals surface area contributed by atoms with E-state index in [0.717, 1.165) is 43.0 Å². The van der Waals surface area contributed by atoms with Gasteiger partial charge in [0.2, 0.25) is 0 Å². The van der Waals surface area contributed by atoms with Gasteiger partial charge in [0.1, 0.15) is 12.4 Å². The molecule has 2 heterocycles. The average Bonchev–Trinajstić information content (AvgIpc) is 3.27. The molecule has 2 aliphatic heterocycles. The molecule has 1 saturated heterocycles. The first-order chi connectivity index (χ1) is 18.1. The van der Waals surface area contributed by atoms with Gasteiger partial charge in [0, 0.05) is 31.6 Å². The van der Waals surface area contributed by atoms with Crippen molar-refractivity contribution in [3.63, 3.8) is 0 Å². The standard InChI is InChI=1S/C32H29NO4/c1-21(34)36-28-15-13-25-26-18-24-12-14-27(35-20-23-10-6-3-7-11-23)30-29(24)32(25,31(28)37-30)16-17-33(26)19-22-8-4-2-5-9-22/h2-15,26,31H,16-20H2,1H3/t26-,31+,32+/m1/s1. The van der Waals surface area contributed by atoms with Gasteiger partial charge in [0.15, 0.2) is 17.6 Å². The SMILES string of the molecule is CC(=O)OC1=CC=C2[C@H]3Cc4ccc(OCc5ccccc5)c5c4[C@@]2(CCN3Cc2ccccc2)[C@H]1O5. The number of allylic oxidation sites excluding steroid dienone is 2. The topological polar surface area (TPSA) is 48.0 Å². The molecular formula is C32H29NO4. The van der Waals surface area contributed by atoms with Crippen LogP contribution in [0.3, 0.4) is 0 Å². The van der Waals surface area contributed by atoms with Crippen molar-refractivity contribution in [1.82, 2.24) is 4.90 Å². The van der Waals surface area contributed by atoms with Crippen molar-refractivity contribution < 1.29 is 19.0 Å². The van der Waals surface area contributed by atoms with Gasteiger partial charge in [-0.1, -0.05) is 72.8 Å². The third-order valence-corrected chi connectivity index (χ3v) is 8.27. The fraction of sp³-hybridized carbons (Fsp3) is 0.281. The molecular weight excluding hydrogens is 462 g/mol. The predicted octanol–water partition coefficient (Wildman–Crippen LogP) is 5.48. The molecule has 186 valence electrons. The van der Waals surface area contributed by atoms with Crippen LogP contribution in [0.1, 0.15) is 35.6 Å². The summed E-state index contributed by atoms with van der Waals surface area (Å²) in [5, 5.41) is 0. The Labute approximate surface area is 217 Å². The predicted molar refractivity (Wildman–Crippen MR) is 140 cm³/mol. The maximum atomic E-state index is 12.0. The van der Waals surface area contributed by atoms with Crippen LogP contribution >= 0.6 is 0 Å². The van der Waals surface area contributed by atoms with Crippen LogP contribution < -0.4 is 9.47 Å². The summed E-state index contributed by atoms with van der Waals surface area (Å²) in [6.07, 6.45) is 5.59. The van der Waals surface area contributed by atoms with E-state index < -0.39 is 0 Å². The Morgan fingerprint density at radius 1 is 1.00 bits per heavy atom. The number of hydrogen-bond acceptors (Lipinski definition) is 5. The summed E-state index contributed by atoms with van der Waals surface area (Å²) in [5.41, 5.74) is 5.97. The van der Waals surface area contributed by atoms with Crippen LogP contribution in [0, 0.1) is 0 Å². The number of ether oxygens (including phenoxy) is 3. The zero-order valence-corrected chi connectivity index (χ0v) is 20.9. The summed E-state index contributed by atoms with van der Waals surface area (Å²) in [6, 6.07) is 25.4. The van der Waals surface area contributed by atoms with Gasteiger partial charge in [0.05, 0.1) is 5.41 Å². The van der Waals surface area contributed by atoms with Crippen molar-refractivity contribution >= 4 is 5.97 Å². The van der Waals surface area contributed by atoms with Gasteiger partial charge in [-0.05, 0) is 47.2 Å². The van der Waals surface area contributed by atoms with Crippen LogP contribution in [0.15, 0.2) is 96.3 Å². The third-order valence-electron chi connectivity index (χ3n) is 8.27. The zero-order valence-electron chi connectivity index (χ0n) is 20.9. The summed E-state index contributed by atoms with van der Waals surface area (Å²) >= 11 is 0. The molecule has 0 N–H and O–H groups in total. The van der Waals surface area contributed by atoms with Gasteiger partial charge in [-0.2, -0.15) is 0 Å². The first-order valence-corrected chi connectivity index (χ1v) is 13.0. The van der Waals surface area contributed by atoms with Crippen LogP contribution in [0.4, 0.5) is 0 Å². The van der Waals surface area contributed by atoms with Crippen LogP contribution in [-0.4, -0.2) is 29.6 Å². The molecule has 0 unspecified atom stereocenters. The van der Waals surface area contributed by atoms with Gasteiger partial charge >= 0.3 is 5.97 Å². The number of hydrogen-bond donors (Lipinski definition) is 0. The summed E-state index contributed by atoms with van der Waals surface area (Å²) in [4.78, 5) is 14.6. The van der Waals surface area contributed by atoms with Gasteiger partial charge in [-0.15, -0.1) is 0 Å². The Balaban J connectivity index is 1.30. The highest BCUT2D eigenvalue weighted by atomic mass is 16.6. The van der Waals surface area contributed by atoms with Crippen molar-refractivity contribution in [2.75, 3.05) is 6.54 Å². The molecule has 2 aliphatic carbocycles. The molecule has 37 heavy (non-hydrogen) atoms. The molecule has 7 rings (SSSR count). The second-order valence-electron chi connectivity index (χ2n) is 10.4. The van der Waals surface area contributed by atoms with E-state index in [1.807, 2.05) is 30.3 Å². The molecule has 2 bridgehead atoms. The van der Waals surface area contributed by atoms with Crippen molar-refractivity contribution in [1.29, 1.82) is 0 Å². The lowest BCUT2D eigenvalue weighted by Gasteiger charge is -2.53. The van der Waals surface area contributed by atoms with Crippen molar-refractivity contribution in [3.8, 4) is 11.5 Å². The number of carbonyl (C=O) groups is 1. The average molecular weight is 492 g/mol. The molecule has 5 nitrogen and oxygen atoms in total. The zero-order chi connectivity index (χ0) is 25.0. The Kier molecular flexibility index (Phi) is 5.22. The Morgan fingerprint density at radius 3 is 2.51 bits per heavy atom. The van der Waals surface area contributed by atoms with E-state index in [1.165, 1.54) is 29.2 Å². The van der Waals surface area contributed by atoms with Crippen molar-refractivity contribution in [2.45, 2.75) is 50.5 Å². The van der Waals surface area contributed by atoms with Gasteiger partial charge in [-0.3, -0.25) is 9.69 Å². The van der Waals surface area contributed by atoms with Crippen LogP contribution in [0.2, 0.25) is 0 Å². The van der Waals surface area contributed by atoms with E-state index in [9.17, 15) is 4.79 Å². The van der Waals surface area contributed by atoms with Crippen molar-refractivity contribution in [2.24, 2.45) is 0 Å². The number of carbonyl (C=O) groups excluding carboxylic acids is 1. The molecule has 3 aromatic rings. The lowest BCUT2D eigenvalue weighted by molar-refractivity contribution is -0.138. The highest BCUT2D eigenvalue weighted by molar-refractivity contribution is 5.71. The van der Waals surface area contributed by atoms with E-state index in [1.54, 1.807) is 0 Å². The van der Waals surface area contributed by atoms with E-state index in [4.69, 9.17) is 14.2 Å². The Morgan fingerprint density at radius 2 is 1.76 bits per heavy atom. The summed E-state index contributed by atoms with van der Waals surface area (Å²) in [6.45, 7) is 3.77. The molecule has 3 atom stereocenters. The van der Waals surface area contributed by atoms with E-state index in [2.05, 4.69) is 59.5 Å². The molecule has 0 saturated carbocycles. The van der Waals surface area contributed by atoms with Crippen LogP contribution in [0.5, 0.6) is 11.5 Å². The lowest BCUT2D eigenvalue weighted by atomic mass is 9.57. The monoisotopic (exact) mass is 491 g/mol. The number of likely N-dealkylation sites (tertiary alicyclic amines) is 1. The number of nitrogens with zero attached hydrogens (tertiary/aromatic N) is 1. The molecule has 5 heteroatoms. The smallest absolute Gasteiger partial charge is 0.307 e. The number of esters is 1. The second kappa shape index (κ2) is 8.63. The molecule has 1 fully saturated rings.